The second-order valence-electron chi connectivity index (χ2n) is 4.39. The van der Waals surface area contributed by atoms with E-state index in [2.05, 4.69) is 73.3 Å². The van der Waals surface area contributed by atoms with E-state index < -0.39 is 0 Å². The first-order chi connectivity index (χ1) is 8.88. The van der Waals surface area contributed by atoms with Crippen molar-refractivity contribution in [3.05, 3.63) is 96.1 Å². The van der Waals surface area contributed by atoms with Gasteiger partial charge in [0.1, 0.15) is 0 Å². The average molecular weight is 234 g/mol. The third kappa shape index (κ3) is 3.74. The molecule has 0 heteroatoms. The molecule has 0 radical (unpaired) electrons. The zero-order valence-corrected chi connectivity index (χ0v) is 10.5. The molecule has 2 rings (SSSR count). The molecule has 0 aromatic heterocycles. The number of benzene rings is 2. The summed E-state index contributed by atoms with van der Waals surface area (Å²) >= 11 is 0. The first kappa shape index (κ1) is 12.4. The van der Waals surface area contributed by atoms with Gasteiger partial charge in [0.25, 0.3) is 0 Å². The Bertz CT molecular complexity index is 463. The van der Waals surface area contributed by atoms with E-state index in [1.54, 1.807) is 0 Å². The molecule has 0 saturated heterocycles. The van der Waals surface area contributed by atoms with Crippen LogP contribution in [0.1, 0.15) is 11.1 Å². The zero-order chi connectivity index (χ0) is 12.6. The highest BCUT2D eigenvalue weighted by molar-refractivity contribution is 5.29. The van der Waals surface area contributed by atoms with Crippen LogP contribution in [0.5, 0.6) is 0 Å². The fourth-order valence-corrected chi connectivity index (χ4v) is 2.06. The highest BCUT2D eigenvalue weighted by Crippen LogP contribution is 2.14. The molecule has 0 spiro atoms. The van der Waals surface area contributed by atoms with Gasteiger partial charge >= 0.3 is 0 Å². The highest BCUT2D eigenvalue weighted by atomic mass is 14.1. The molecule has 2 aromatic carbocycles. The van der Waals surface area contributed by atoms with E-state index in [-0.39, 0.29) is 0 Å². The van der Waals surface area contributed by atoms with Crippen LogP contribution >= 0.6 is 0 Å². The summed E-state index contributed by atoms with van der Waals surface area (Å²) < 4.78 is 0. The molecule has 0 saturated carbocycles. The molecule has 18 heavy (non-hydrogen) atoms. The van der Waals surface area contributed by atoms with Gasteiger partial charge in [0.05, 0.1) is 0 Å². The molecule has 0 unspecified atom stereocenters. The Morgan fingerprint density at radius 2 is 1.22 bits per heavy atom. The first-order valence-corrected chi connectivity index (χ1v) is 6.27. The maximum absolute atomic E-state index is 3.81. The molecule has 0 amide bonds. The van der Waals surface area contributed by atoms with Gasteiger partial charge in [-0.3, -0.25) is 0 Å². The van der Waals surface area contributed by atoms with Gasteiger partial charge in [-0.1, -0.05) is 85.0 Å². The number of allylic oxidation sites excluding steroid dienone is 3. The molecule has 0 atom stereocenters. The van der Waals surface area contributed by atoms with E-state index in [0.717, 1.165) is 12.8 Å². The topological polar surface area (TPSA) is 0 Å². The fourth-order valence-electron chi connectivity index (χ4n) is 2.06. The minimum absolute atomic E-state index is 0.988. The summed E-state index contributed by atoms with van der Waals surface area (Å²) in [6, 6.07) is 21.1. The molecular weight excluding hydrogens is 216 g/mol. The summed E-state index contributed by atoms with van der Waals surface area (Å²) in [5.41, 5.74) is 4.09. The predicted molar refractivity (Wildman–Crippen MR) is 78.6 cm³/mol. The first-order valence-electron chi connectivity index (χ1n) is 6.27. The smallest absolute Gasteiger partial charge is 0.00607 e. The monoisotopic (exact) mass is 234 g/mol. The molecule has 0 aliphatic heterocycles. The minimum Gasteiger partial charge on any atom is -0.0991 e. The maximum Gasteiger partial charge on any atom is -0.00607 e. The summed E-state index contributed by atoms with van der Waals surface area (Å²) in [6.45, 7) is 3.81. The van der Waals surface area contributed by atoms with Crippen LogP contribution < -0.4 is 0 Å². The molecule has 0 fully saturated rings. The van der Waals surface area contributed by atoms with Gasteiger partial charge in [-0.05, 0) is 24.0 Å². The lowest BCUT2D eigenvalue weighted by Gasteiger charge is -2.07. The van der Waals surface area contributed by atoms with Crippen LogP contribution in [0.15, 0.2) is 85.0 Å². The van der Waals surface area contributed by atoms with Gasteiger partial charge in [-0.2, -0.15) is 0 Å². The van der Waals surface area contributed by atoms with E-state index in [1.807, 2.05) is 6.08 Å². The number of hydrogen-bond acceptors (Lipinski definition) is 0. The van der Waals surface area contributed by atoms with Crippen molar-refractivity contribution >= 4 is 0 Å². The van der Waals surface area contributed by atoms with Gasteiger partial charge in [0.2, 0.25) is 0 Å². The lowest BCUT2D eigenvalue weighted by Crippen LogP contribution is -1.95. The maximum atomic E-state index is 3.81. The van der Waals surface area contributed by atoms with Crippen LogP contribution in [0, 0.1) is 0 Å². The van der Waals surface area contributed by atoms with E-state index in [9.17, 15) is 0 Å². The minimum atomic E-state index is 0.988. The van der Waals surface area contributed by atoms with Crippen molar-refractivity contribution in [3.63, 3.8) is 0 Å². The summed E-state index contributed by atoms with van der Waals surface area (Å²) in [5, 5.41) is 0. The predicted octanol–water partition coefficient (Wildman–Crippen LogP) is 4.58. The van der Waals surface area contributed by atoms with E-state index >= 15 is 0 Å². The number of rotatable bonds is 5. The average Bonchev–Trinajstić information content (AvgIpc) is 2.41. The zero-order valence-electron chi connectivity index (χ0n) is 10.5. The van der Waals surface area contributed by atoms with E-state index in [1.165, 1.54) is 16.7 Å². The molecule has 0 nitrogen and oxygen atoms in total. The van der Waals surface area contributed by atoms with Crippen molar-refractivity contribution in [1.29, 1.82) is 0 Å². The molecule has 0 aliphatic carbocycles. The molecule has 0 aliphatic rings. The summed E-state index contributed by atoms with van der Waals surface area (Å²) in [4.78, 5) is 0. The van der Waals surface area contributed by atoms with Crippen LogP contribution in [0.2, 0.25) is 0 Å². The number of hydrogen-bond donors (Lipinski definition) is 0. The molecule has 0 heterocycles. The molecular formula is C18H18. The van der Waals surface area contributed by atoms with Gasteiger partial charge in [-0.15, -0.1) is 0 Å². The van der Waals surface area contributed by atoms with Crippen molar-refractivity contribution < 1.29 is 0 Å². The Morgan fingerprint density at radius 3 is 1.61 bits per heavy atom. The lowest BCUT2D eigenvalue weighted by molar-refractivity contribution is 1.03. The molecule has 0 bridgehead atoms. The van der Waals surface area contributed by atoms with Gasteiger partial charge in [-0.25, -0.2) is 0 Å². The summed E-state index contributed by atoms with van der Waals surface area (Å²) in [5.74, 6) is 0. The van der Waals surface area contributed by atoms with Crippen molar-refractivity contribution in [1.82, 2.24) is 0 Å². The third-order valence-corrected chi connectivity index (χ3v) is 2.90. The Labute approximate surface area is 109 Å². The Kier molecular flexibility index (Phi) is 4.54. The lowest BCUT2D eigenvalue weighted by atomic mass is 9.98. The van der Waals surface area contributed by atoms with Crippen molar-refractivity contribution in [2.24, 2.45) is 0 Å². The largest absolute Gasteiger partial charge is 0.0991 e. The molecule has 2 aromatic rings. The normalized spacial score (nSPS) is 9.78. The van der Waals surface area contributed by atoms with E-state index in [0.29, 0.717) is 0 Å². The standard InChI is InChI=1S/C18H18/c1-2-9-18(14-16-10-5-3-6-11-16)15-17-12-7-4-8-13-17/h2-13H,1,14-15H2. The van der Waals surface area contributed by atoms with Crippen LogP contribution in [0.4, 0.5) is 0 Å². The Balaban J connectivity index is 2.10. The quantitative estimate of drug-likeness (QED) is 0.664. The van der Waals surface area contributed by atoms with E-state index in [4.69, 9.17) is 0 Å². The van der Waals surface area contributed by atoms with Crippen LogP contribution in [-0.2, 0) is 12.8 Å². The SMILES string of the molecule is C=CC=C(Cc1ccccc1)Cc1ccccc1. The Hall–Kier alpha value is -2.08. The third-order valence-electron chi connectivity index (χ3n) is 2.90. The summed E-state index contributed by atoms with van der Waals surface area (Å²) in [6.07, 6.45) is 5.98. The van der Waals surface area contributed by atoms with Crippen molar-refractivity contribution in [2.45, 2.75) is 12.8 Å². The molecule has 0 N–H and O–H groups in total. The fraction of sp³-hybridized carbons (Fsp3) is 0.111. The van der Waals surface area contributed by atoms with Crippen molar-refractivity contribution in [2.75, 3.05) is 0 Å². The van der Waals surface area contributed by atoms with Crippen LogP contribution in [-0.4, -0.2) is 0 Å². The van der Waals surface area contributed by atoms with Crippen LogP contribution in [0.25, 0.3) is 0 Å². The van der Waals surface area contributed by atoms with Crippen LogP contribution in [0.3, 0.4) is 0 Å². The van der Waals surface area contributed by atoms with Crippen molar-refractivity contribution in [3.8, 4) is 0 Å². The second-order valence-corrected chi connectivity index (χ2v) is 4.39. The summed E-state index contributed by atoms with van der Waals surface area (Å²) in [7, 11) is 0. The van der Waals surface area contributed by atoms with Gasteiger partial charge < -0.3 is 0 Å². The Morgan fingerprint density at radius 1 is 0.778 bits per heavy atom. The highest BCUT2D eigenvalue weighted by Gasteiger charge is 2.00. The van der Waals surface area contributed by atoms with Gasteiger partial charge in [0, 0.05) is 0 Å². The second kappa shape index (κ2) is 6.61. The van der Waals surface area contributed by atoms with Gasteiger partial charge in [0.15, 0.2) is 0 Å². The molecule has 90 valence electrons.